The van der Waals surface area contributed by atoms with Gasteiger partial charge in [-0.05, 0) is 31.9 Å². The zero-order chi connectivity index (χ0) is 19.2. The van der Waals surface area contributed by atoms with Crippen LogP contribution in [0, 0.1) is 6.92 Å². The molecule has 0 saturated carbocycles. The molecule has 0 aliphatic carbocycles. The highest BCUT2D eigenvalue weighted by atomic mass is 32.2. The minimum atomic E-state index is -0.0223. The van der Waals surface area contributed by atoms with Crippen LogP contribution in [0.2, 0.25) is 0 Å². The van der Waals surface area contributed by atoms with Crippen molar-refractivity contribution in [1.82, 2.24) is 20.1 Å². The number of rotatable bonds is 7. The highest BCUT2D eigenvalue weighted by molar-refractivity contribution is 7.99. The summed E-state index contributed by atoms with van der Waals surface area (Å²) in [5, 5.41) is 12.5. The number of nitrogens with one attached hydrogen (secondary N) is 1. The number of benzene rings is 2. The molecular formula is C21H24N4OS. The van der Waals surface area contributed by atoms with Gasteiger partial charge in [0.15, 0.2) is 11.0 Å². The summed E-state index contributed by atoms with van der Waals surface area (Å²) in [6.45, 7) is 6.87. The van der Waals surface area contributed by atoms with Crippen LogP contribution in [-0.2, 0) is 11.3 Å². The first-order valence-electron chi connectivity index (χ1n) is 9.06. The van der Waals surface area contributed by atoms with Crippen molar-refractivity contribution in [1.29, 1.82) is 0 Å². The minimum Gasteiger partial charge on any atom is -0.349 e. The first kappa shape index (κ1) is 19.2. The van der Waals surface area contributed by atoms with E-state index >= 15 is 0 Å². The molecule has 0 spiro atoms. The average molecular weight is 381 g/mol. The van der Waals surface area contributed by atoms with Gasteiger partial charge >= 0.3 is 0 Å². The second-order valence-corrected chi connectivity index (χ2v) is 7.30. The van der Waals surface area contributed by atoms with E-state index in [-0.39, 0.29) is 11.9 Å². The quantitative estimate of drug-likeness (QED) is 0.623. The second kappa shape index (κ2) is 8.86. The van der Waals surface area contributed by atoms with Gasteiger partial charge in [0.25, 0.3) is 0 Å². The van der Waals surface area contributed by atoms with Gasteiger partial charge in [-0.2, -0.15) is 0 Å². The second-order valence-electron chi connectivity index (χ2n) is 6.35. The van der Waals surface area contributed by atoms with Crippen LogP contribution >= 0.6 is 11.8 Å². The molecule has 0 radical (unpaired) electrons. The van der Waals surface area contributed by atoms with E-state index in [1.807, 2.05) is 55.5 Å². The number of hydrogen-bond acceptors (Lipinski definition) is 4. The molecule has 27 heavy (non-hydrogen) atoms. The Labute approximate surface area is 164 Å². The Balaban J connectivity index is 1.66. The molecule has 0 aliphatic heterocycles. The highest BCUT2D eigenvalue weighted by Gasteiger charge is 2.16. The van der Waals surface area contributed by atoms with Gasteiger partial charge in [0.1, 0.15) is 0 Å². The Kier molecular flexibility index (Phi) is 6.29. The summed E-state index contributed by atoms with van der Waals surface area (Å²) in [5.74, 6) is 1.14. The third kappa shape index (κ3) is 4.57. The molecule has 1 aromatic heterocycles. The van der Waals surface area contributed by atoms with Crippen molar-refractivity contribution in [3.63, 3.8) is 0 Å². The Morgan fingerprint density at radius 1 is 1.11 bits per heavy atom. The van der Waals surface area contributed by atoms with Gasteiger partial charge in [-0.1, -0.05) is 66.4 Å². The molecule has 3 aromatic rings. The van der Waals surface area contributed by atoms with E-state index in [4.69, 9.17) is 0 Å². The molecule has 1 atom stereocenters. The maximum Gasteiger partial charge on any atom is 0.230 e. The fourth-order valence-corrected chi connectivity index (χ4v) is 3.76. The fraction of sp³-hybridized carbons (Fsp3) is 0.286. The van der Waals surface area contributed by atoms with E-state index in [0.717, 1.165) is 34.2 Å². The monoisotopic (exact) mass is 380 g/mol. The number of carbonyl (C=O) groups is 1. The molecule has 3 rings (SSSR count). The summed E-state index contributed by atoms with van der Waals surface area (Å²) >= 11 is 1.42. The van der Waals surface area contributed by atoms with Gasteiger partial charge in [-0.3, -0.25) is 4.79 Å². The lowest BCUT2D eigenvalue weighted by Crippen LogP contribution is -2.28. The Hall–Kier alpha value is -2.60. The number of amides is 1. The van der Waals surface area contributed by atoms with Gasteiger partial charge in [0.2, 0.25) is 5.91 Å². The van der Waals surface area contributed by atoms with Crippen LogP contribution in [0.4, 0.5) is 0 Å². The molecular weight excluding hydrogens is 356 g/mol. The maximum absolute atomic E-state index is 12.3. The SMILES string of the molecule is CCn1c(SCC(=O)NC(C)c2ccccc2)nnc1-c1ccccc1C. The van der Waals surface area contributed by atoms with E-state index < -0.39 is 0 Å². The molecule has 2 aromatic carbocycles. The van der Waals surface area contributed by atoms with Gasteiger partial charge in [0.05, 0.1) is 11.8 Å². The summed E-state index contributed by atoms with van der Waals surface area (Å²) in [6.07, 6.45) is 0. The van der Waals surface area contributed by atoms with E-state index in [0.29, 0.717) is 5.75 Å². The molecule has 0 fully saturated rings. The van der Waals surface area contributed by atoms with Crippen molar-refractivity contribution in [2.24, 2.45) is 0 Å². The van der Waals surface area contributed by atoms with Gasteiger partial charge < -0.3 is 9.88 Å². The lowest BCUT2D eigenvalue weighted by Gasteiger charge is -2.14. The molecule has 1 heterocycles. The van der Waals surface area contributed by atoms with Crippen LogP contribution in [0.5, 0.6) is 0 Å². The van der Waals surface area contributed by atoms with Crippen LogP contribution in [0.3, 0.4) is 0 Å². The summed E-state index contributed by atoms with van der Waals surface area (Å²) in [5.41, 5.74) is 3.32. The summed E-state index contributed by atoms with van der Waals surface area (Å²) in [6, 6.07) is 18.1. The zero-order valence-electron chi connectivity index (χ0n) is 15.8. The average Bonchev–Trinajstić information content (AvgIpc) is 3.10. The van der Waals surface area contributed by atoms with Gasteiger partial charge in [0, 0.05) is 12.1 Å². The number of thioether (sulfide) groups is 1. The van der Waals surface area contributed by atoms with Crippen molar-refractivity contribution < 1.29 is 4.79 Å². The third-order valence-corrected chi connectivity index (χ3v) is 5.40. The first-order valence-corrected chi connectivity index (χ1v) is 10.0. The standard InChI is InChI=1S/C21H24N4OS/c1-4-25-20(18-13-9-8-10-15(18)2)23-24-21(25)27-14-19(26)22-16(3)17-11-6-5-7-12-17/h5-13,16H,4,14H2,1-3H3,(H,22,26). The molecule has 140 valence electrons. The molecule has 1 amide bonds. The summed E-state index contributed by atoms with van der Waals surface area (Å²) in [7, 11) is 0. The lowest BCUT2D eigenvalue weighted by atomic mass is 10.1. The Morgan fingerprint density at radius 2 is 1.81 bits per heavy atom. The van der Waals surface area contributed by atoms with Crippen molar-refractivity contribution in [2.75, 3.05) is 5.75 Å². The first-order chi connectivity index (χ1) is 13.1. The Bertz CT molecular complexity index is 908. The topological polar surface area (TPSA) is 59.8 Å². The zero-order valence-corrected chi connectivity index (χ0v) is 16.7. The molecule has 5 nitrogen and oxygen atoms in total. The van der Waals surface area contributed by atoms with E-state index in [2.05, 4.69) is 40.0 Å². The van der Waals surface area contributed by atoms with E-state index in [9.17, 15) is 4.79 Å². The molecule has 0 saturated heterocycles. The predicted molar refractivity (Wildman–Crippen MR) is 110 cm³/mol. The molecule has 1 unspecified atom stereocenters. The third-order valence-electron chi connectivity index (χ3n) is 4.43. The number of carbonyl (C=O) groups excluding carboxylic acids is 1. The largest absolute Gasteiger partial charge is 0.349 e. The highest BCUT2D eigenvalue weighted by Crippen LogP contribution is 2.26. The van der Waals surface area contributed by atoms with Gasteiger partial charge in [-0.25, -0.2) is 0 Å². The molecule has 0 aliphatic rings. The van der Waals surface area contributed by atoms with Gasteiger partial charge in [-0.15, -0.1) is 10.2 Å². The molecule has 1 N–H and O–H groups in total. The van der Waals surface area contributed by atoms with Crippen molar-refractivity contribution in [2.45, 2.75) is 38.5 Å². The smallest absolute Gasteiger partial charge is 0.230 e. The predicted octanol–water partition coefficient (Wildman–Crippen LogP) is 4.24. The molecule has 0 bridgehead atoms. The normalized spacial score (nSPS) is 12.0. The van der Waals surface area contributed by atoms with E-state index in [1.54, 1.807) is 0 Å². The number of aromatic nitrogens is 3. The Morgan fingerprint density at radius 3 is 2.52 bits per heavy atom. The van der Waals surface area contributed by atoms with Crippen molar-refractivity contribution in [3.8, 4) is 11.4 Å². The van der Waals surface area contributed by atoms with Crippen LogP contribution in [0.25, 0.3) is 11.4 Å². The summed E-state index contributed by atoms with van der Waals surface area (Å²) in [4.78, 5) is 12.3. The maximum atomic E-state index is 12.3. The number of aryl methyl sites for hydroxylation is 1. The lowest BCUT2D eigenvalue weighted by molar-refractivity contribution is -0.119. The van der Waals surface area contributed by atoms with Crippen molar-refractivity contribution in [3.05, 3.63) is 65.7 Å². The number of nitrogens with zero attached hydrogens (tertiary/aromatic N) is 3. The van der Waals surface area contributed by atoms with E-state index in [1.165, 1.54) is 11.8 Å². The van der Waals surface area contributed by atoms with Crippen LogP contribution in [0.15, 0.2) is 59.8 Å². The van der Waals surface area contributed by atoms with Crippen LogP contribution in [0.1, 0.15) is 31.0 Å². The van der Waals surface area contributed by atoms with Crippen molar-refractivity contribution >= 4 is 17.7 Å². The minimum absolute atomic E-state index is 0.0144. The number of hydrogen-bond donors (Lipinski definition) is 1. The van der Waals surface area contributed by atoms with Crippen LogP contribution < -0.4 is 5.32 Å². The van der Waals surface area contributed by atoms with Crippen LogP contribution in [-0.4, -0.2) is 26.4 Å². The fourth-order valence-electron chi connectivity index (χ4n) is 2.94. The summed E-state index contributed by atoms with van der Waals surface area (Å²) < 4.78 is 2.06. The molecule has 6 heteroatoms.